The van der Waals surface area contributed by atoms with Crippen LogP contribution in [0.15, 0.2) is 36.4 Å². The molecule has 0 saturated carbocycles. The van der Waals surface area contributed by atoms with Crippen LogP contribution in [0.3, 0.4) is 0 Å². The molecule has 2 heteroatoms. The molecule has 3 atom stereocenters. The van der Waals surface area contributed by atoms with Crippen LogP contribution in [-0.2, 0) is 11.2 Å². The molecule has 0 amide bonds. The van der Waals surface area contributed by atoms with Crippen LogP contribution >= 0.6 is 0 Å². The highest BCUT2D eigenvalue weighted by Crippen LogP contribution is 2.33. The Morgan fingerprint density at radius 1 is 1.26 bits per heavy atom. The fourth-order valence-corrected chi connectivity index (χ4v) is 3.25. The molecule has 0 spiro atoms. The molecule has 2 aliphatic rings. The summed E-state index contributed by atoms with van der Waals surface area (Å²) >= 11 is 0. The van der Waals surface area contributed by atoms with E-state index in [9.17, 15) is 5.11 Å². The van der Waals surface area contributed by atoms with Gasteiger partial charge in [-0.3, -0.25) is 0 Å². The molecule has 1 aliphatic heterocycles. The number of aliphatic hydroxyl groups is 1. The van der Waals surface area contributed by atoms with Crippen LogP contribution in [0.4, 0.5) is 0 Å². The molecule has 2 nitrogen and oxygen atoms in total. The van der Waals surface area contributed by atoms with Gasteiger partial charge in [0.15, 0.2) is 0 Å². The normalized spacial score (nSPS) is 27.8. The van der Waals surface area contributed by atoms with Crippen molar-refractivity contribution in [3.05, 3.63) is 47.5 Å². The molecule has 1 aromatic carbocycles. The molecule has 1 aliphatic carbocycles. The van der Waals surface area contributed by atoms with Crippen LogP contribution in [0.5, 0.6) is 0 Å². The van der Waals surface area contributed by atoms with Crippen molar-refractivity contribution in [1.82, 2.24) is 0 Å². The highest BCUT2D eigenvalue weighted by Gasteiger charge is 2.27. The van der Waals surface area contributed by atoms with Crippen LogP contribution < -0.4 is 0 Å². The highest BCUT2D eigenvalue weighted by atomic mass is 16.5. The van der Waals surface area contributed by atoms with Gasteiger partial charge in [0.2, 0.25) is 0 Å². The van der Waals surface area contributed by atoms with Gasteiger partial charge in [-0.05, 0) is 42.7 Å². The number of fused-ring (bicyclic) bond motifs is 1. The van der Waals surface area contributed by atoms with E-state index in [1.54, 1.807) is 0 Å². The first-order chi connectivity index (χ1) is 9.34. The largest absolute Gasteiger partial charge is 0.393 e. The second-order valence-corrected chi connectivity index (χ2v) is 5.66. The number of rotatable bonds is 3. The standard InChI is InChI=1S/C17H22O2/c18-16(14-7-2-1-3-8-14)12-17-15-9-5-4-6-13(15)10-11-19-17/h1-2,4-6,9,14,16-18H,3,7-8,10-12H2. The average molecular weight is 258 g/mol. The first-order valence-corrected chi connectivity index (χ1v) is 7.37. The Hall–Kier alpha value is -1.12. The molecule has 102 valence electrons. The van der Waals surface area contributed by atoms with Crippen molar-refractivity contribution in [3.63, 3.8) is 0 Å². The maximum atomic E-state index is 10.4. The molecule has 3 unspecified atom stereocenters. The van der Waals surface area contributed by atoms with Crippen LogP contribution in [0.2, 0.25) is 0 Å². The van der Waals surface area contributed by atoms with Gasteiger partial charge in [0.1, 0.15) is 0 Å². The summed E-state index contributed by atoms with van der Waals surface area (Å²) in [4.78, 5) is 0. The molecule has 1 aromatic rings. The molecule has 0 fully saturated rings. The molecule has 1 heterocycles. The maximum absolute atomic E-state index is 10.4. The molecule has 1 N–H and O–H groups in total. The summed E-state index contributed by atoms with van der Waals surface area (Å²) in [6.07, 6.45) is 9.19. The number of ether oxygens (including phenoxy) is 1. The smallest absolute Gasteiger partial charge is 0.0852 e. The summed E-state index contributed by atoms with van der Waals surface area (Å²) in [7, 11) is 0. The van der Waals surface area contributed by atoms with Gasteiger partial charge in [-0.25, -0.2) is 0 Å². The van der Waals surface area contributed by atoms with Crippen LogP contribution in [0.1, 0.15) is 42.9 Å². The molecule has 3 rings (SSSR count). The monoisotopic (exact) mass is 258 g/mol. The Morgan fingerprint density at radius 3 is 3.00 bits per heavy atom. The lowest BCUT2D eigenvalue weighted by Gasteiger charge is -2.31. The van der Waals surface area contributed by atoms with Gasteiger partial charge in [-0.15, -0.1) is 0 Å². The topological polar surface area (TPSA) is 29.5 Å². The van der Waals surface area contributed by atoms with Gasteiger partial charge in [-0.2, -0.15) is 0 Å². The van der Waals surface area contributed by atoms with Crippen molar-refractivity contribution in [3.8, 4) is 0 Å². The van der Waals surface area contributed by atoms with Gasteiger partial charge < -0.3 is 9.84 Å². The summed E-state index contributed by atoms with van der Waals surface area (Å²) in [5.41, 5.74) is 2.66. The SMILES string of the molecule is OC(CC1OCCc2ccccc21)C1CC=CCC1. The summed E-state index contributed by atoms with van der Waals surface area (Å²) in [6, 6.07) is 8.48. The Bertz CT molecular complexity index is 452. The van der Waals surface area contributed by atoms with E-state index in [0.717, 1.165) is 38.7 Å². The van der Waals surface area contributed by atoms with Gasteiger partial charge in [0.05, 0.1) is 18.8 Å². The molecule has 0 radical (unpaired) electrons. The Balaban J connectivity index is 1.68. The minimum atomic E-state index is -0.249. The number of benzene rings is 1. The van der Waals surface area contributed by atoms with Crippen molar-refractivity contribution in [2.45, 2.75) is 44.3 Å². The quantitative estimate of drug-likeness (QED) is 0.842. The number of aliphatic hydroxyl groups excluding tert-OH is 1. The highest BCUT2D eigenvalue weighted by molar-refractivity contribution is 5.31. The van der Waals surface area contributed by atoms with Gasteiger partial charge in [0, 0.05) is 6.42 Å². The molecule has 0 aromatic heterocycles. The van der Waals surface area contributed by atoms with E-state index in [-0.39, 0.29) is 12.2 Å². The summed E-state index contributed by atoms with van der Waals surface area (Å²) in [5, 5.41) is 10.4. The lowest BCUT2D eigenvalue weighted by atomic mass is 9.85. The Morgan fingerprint density at radius 2 is 2.16 bits per heavy atom. The zero-order valence-corrected chi connectivity index (χ0v) is 11.3. The lowest BCUT2D eigenvalue weighted by molar-refractivity contribution is -0.0128. The number of allylic oxidation sites excluding steroid dienone is 2. The van der Waals surface area contributed by atoms with Gasteiger partial charge in [0.25, 0.3) is 0 Å². The van der Waals surface area contributed by atoms with E-state index in [1.807, 2.05) is 0 Å². The Labute approximate surface area is 115 Å². The van der Waals surface area contributed by atoms with E-state index in [1.165, 1.54) is 11.1 Å². The predicted molar refractivity (Wildman–Crippen MR) is 75.9 cm³/mol. The second-order valence-electron chi connectivity index (χ2n) is 5.66. The molecule has 0 saturated heterocycles. The van der Waals surface area contributed by atoms with Crippen LogP contribution in [-0.4, -0.2) is 17.8 Å². The van der Waals surface area contributed by atoms with Crippen molar-refractivity contribution in [2.75, 3.05) is 6.61 Å². The summed E-state index contributed by atoms with van der Waals surface area (Å²) in [5.74, 6) is 0.405. The van der Waals surface area contributed by atoms with Crippen LogP contribution in [0, 0.1) is 5.92 Å². The third-order valence-electron chi connectivity index (χ3n) is 4.40. The third kappa shape index (κ3) is 2.90. The predicted octanol–water partition coefficient (Wildman–Crippen LogP) is 3.41. The maximum Gasteiger partial charge on any atom is 0.0852 e. The van der Waals surface area contributed by atoms with Crippen LogP contribution in [0.25, 0.3) is 0 Å². The summed E-state index contributed by atoms with van der Waals surface area (Å²) in [6.45, 7) is 0.777. The molecular formula is C17H22O2. The second kappa shape index (κ2) is 5.89. The molecule has 19 heavy (non-hydrogen) atoms. The third-order valence-corrected chi connectivity index (χ3v) is 4.40. The lowest BCUT2D eigenvalue weighted by Crippen LogP contribution is -2.27. The van der Waals surface area contributed by atoms with E-state index in [2.05, 4.69) is 36.4 Å². The summed E-state index contributed by atoms with van der Waals surface area (Å²) < 4.78 is 5.89. The van der Waals surface area contributed by atoms with E-state index < -0.39 is 0 Å². The fourth-order valence-electron chi connectivity index (χ4n) is 3.25. The van der Waals surface area contributed by atoms with Crippen molar-refractivity contribution in [1.29, 1.82) is 0 Å². The average Bonchev–Trinajstić information content (AvgIpc) is 2.48. The van der Waals surface area contributed by atoms with E-state index in [0.29, 0.717) is 5.92 Å². The zero-order chi connectivity index (χ0) is 13.1. The first-order valence-electron chi connectivity index (χ1n) is 7.37. The van der Waals surface area contributed by atoms with Crippen molar-refractivity contribution < 1.29 is 9.84 Å². The van der Waals surface area contributed by atoms with Crippen molar-refractivity contribution in [2.24, 2.45) is 5.92 Å². The van der Waals surface area contributed by atoms with Crippen molar-refractivity contribution >= 4 is 0 Å². The van der Waals surface area contributed by atoms with E-state index >= 15 is 0 Å². The number of hydrogen-bond acceptors (Lipinski definition) is 2. The fraction of sp³-hybridized carbons (Fsp3) is 0.529. The minimum Gasteiger partial charge on any atom is -0.393 e. The molecule has 0 bridgehead atoms. The molecular weight excluding hydrogens is 236 g/mol. The van der Waals surface area contributed by atoms with Gasteiger partial charge >= 0.3 is 0 Å². The first kappa shape index (κ1) is 12.9. The Kier molecular flexibility index (Phi) is 4.00. The zero-order valence-electron chi connectivity index (χ0n) is 11.3. The van der Waals surface area contributed by atoms with Gasteiger partial charge in [-0.1, -0.05) is 36.4 Å². The van der Waals surface area contributed by atoms with E-state index in [4.69, 9.17) is 4.74 Å². The number of hydrogen-bond donors (Lipinski definition) is 1. The minimum absolute atomic E-state index is 0.0749.